The van der Waals surface area contributed by atoms with Crippen LogP contribution in [0.5, 0.6) is 5.75 Å². The van der Waals surface area contributed by atoms with E-state index in [1.54, 1.807) is 32.9 Å². The fourth-order valence-electron chi connectivity index (χ4n) is 12.0. The Balaban J connectivity index is 0.996. The first-order valence-electron chi connectivity index (χ1n) is 22.9. The van der Waals surface area contributed by atoms with E-state index in [1.165, 1.54) is 19.4 Å². The number of benzene rings is 1. The molecule has 2 unspecified atom stereocenters. The molecular formula is C49H62FN3O11. The van der Waals surface area contributed by atoms with E-state index < -0.39 is 69.5 Å². The van der Waals surface area contributed by atoms with Crippen LogP contribution in [-0.2, 0) is 33.4 Å². The zero-order chi connectivity index (χ0) is 46.1. The number of carbonyl (C=O) groups is 5. The topological polar surface area (TPSA) is 180 Å². The third-order valence-electron chi connectivity index (χ3n) is 15.3. The van der Waals surface area contributed by atoms with Gasteiger partial charge in [-0.25, -0.2) is 9.18 Å². The Morgan fingerprint density at radius 2 is 1.81 bits per heavy atom. The van der Waals surface area contributed by atoms with Gasteiger partial charge in [0.05, 0.1) is 36.1 Å². The molecule has 2 heterocycles. The summed E-state index contributed by atoms with van der Waals surface area (Å²) >= 11 is 0. The van der Waals surface area contributed by atoms with Crippen LogP contribution in [0.3, 0.4) is 0 Å². The maximum absolute atomic E-state index is 16.0. The number of esters is 3. The predicted molar refractivity (Wildman–Crippen MR) is 234 cm³/mol. The monoisotopic (exact) mass is 887 g/mol. The van der Waals surface area contributed by atoms with E-state index in [0.29, 0.717) is 44.4 Å². The van der Waals surface area contributed by atoms with Crippen molar-refractivity contribution in [2.75, 3.05) is 44.9 Å². The molecule has 5 aliphatic carbocycles. The summed E-state index contributed by atoms with van der Waals surface area (Å²) < 4.78 is 41.0. The lowest BCUT2D eigenvalue weighted by molar-refractivity contribution is -0.201. The van der Waals surface area contributed by atoms with E-state index >= 15 is 4.39 Å². The van der Waals surface area contributed by atoms with Gasteiger partial charge in [-0.3, -0.25) is 24.0 Å². The minimum atomic E-state index is -1.72. The third kappa shape index (κ3) is 7.77. The van der Waals surface area contributed by atoms with E-state index in [1.807, 2.05) is 29.4 Å². The number of nitrogens with zero attached hydrogens (tertiary/aromatic N) is 2. The normalized spacial score (nSPS) is 31.1. The fraction of sp³-hybridized carbons (Fsp3) is 0.633. The Hall–Kier alpha value is -4.89. The number of methoxy groups -OCH3 is 1. The molecule has 0 radical (unpaired) electrons. The van der Waals surface area contributed by atoms with Crippen molar-refractivity contribution in [3.63, 3.8) is 0 Å². The summed E-state index contributed by atoms with van der Waals surface area (Å²) in [5, 5.41) is 15.4. The molecule has 5 fully saturated rings. The molecular weight excluding hydrogens is 826 g/mol. The first-order chi connectivity index (χ1) is 30.2. The predicted octanol–water partition coefficient (Wildman–Crippen LogP) is 5.94. The maximum atomic E-state index is 16.0. The van der Waals surface area contributed by atoms with Crippen molar-refractivity contribution in [2.45, 2.75) is 123 Å². The number of hydrogen-bond acceptors (Lipinski definition) is 13. The molecule has 1 aromatic heterocycles. The number of anilines is 1. The van der Waals surface area contributed by atoms with Gasteiger partial charge in [0.2, 0.25) is 11.2 Å². The molecule has 14 nitrogen and oxygen atoms in total. The molecule has 0 spiro atoms. The van der Waals surface area contributed by atoms with Crippen LogP contribution in [0, 0.1) is 39.8 Å². The van der Waals surface area contributed by atoms with Crippen molar-refractivity contribution in [2.24, 2.45) is 34.0 Å². The molecule has 1 aromatic carbocycles. The quantitative estimate of drug-likeness (QED) is 0.146. The fourth-order valence-corrected chi connectivity index (χ4v) is 12.0. The molecule has 0 amide bonds. The lowest BCUT2D eigenvalue weighted by atomic mass is 9.46. The number of pyridine rings is 1. The van der Waals surface area contributed by atoms with Gasteiger partial charge < -0.3 is 38.8 Å². The van der Waals surface area contributed by atoms with Gasteiger partial charge in [-0.15, -0.1) is 0 Å². The number of aromatic nitrogens is 1. The van der Waals surface area contributed by atoms with Crippen molar-refractivity contribution in [3.05, 3.63) is 57.7 Å². The molecule has 15 heteroatoms. The van der Waals surface area contributed by atoms with Crippen molar-refractivity contribution in [1.82, 2.24) is 9.88 Å². The number of aliphatic hydroxyl groups is 1. The Kier molecular flexibility index (Phi) is 12.0. The number of Topliss-reactive ketones (excluding diaryl/α,β-unsaturated/α-hetero) is 1. The minimum Gasteiger partial charge on any atom is -0.492 e. The number of carbonyl (C=O) groups excluding carboxylic acids is 5. The lowest BCUT2D eigenvalue weighted by Crippen LogP contribution is -2.63. The summed E-state index contributed by atoms with van der Waals surface area (Å²) in [7, 11) is 1.44. The van der Waals surface area contributed by atoms with Crippen LogP contribution in [0.15, 0.2) is 40.9 Å². The number of fused-ring (bicyclic) bond motifs is 6. The van der Waals surface area contributed by atoms with Gasteiger partial charge in [0.1, 0.15) is 11.3 Å². The molecule has 6 aliphatic rings. The summed E-state index contributed by atoms with van der Waals surface area (Å²) in [6.07, 6.45) is 9.25. The van der Waals surface area contributed by atoms with Gasteiger partial charge in [0, 0.05) is 61.1 Å². The average Bonchev–Trinajstić information content (AvgIpc) is 4.04. The van der Waals surface area contributed by atoms with Crippen molar-refractivity contribution in [1.29, 1.82) is 0 Å². The first-order valence-corrected chi connectivity index (χ1v) is 22.9. The van der Waals surface area contributed by atoms with Gasteiger partial charge in [0.25, 0.3) is 0 Å². The smallest absolute Gasteiger partial charge is 0.343 e. The minimum absolute atomic E-state index is 0.000829. The Morgan fingerprint density at radius 1 is 1.06 bits per heavy atom. The number of piperazine rings is 1. The molecule has 64 heavy (non-hydrogen) atoms. The second kappa shape index (κ2) is 16.8. The Morgan fingerprint density at radius 3 is 2.50 bits per heavy atom. The van der Waals surface area contributed by atoms with E-state index in [4.69, 9.17) is 18.9 Å². The molecule has 0 bridgehead atoms. The number of nitrogens with one attached hydrogen (secondary N) is 1. The number of ketones is 2. The number of hydrogen-bond donors (Lipinski definition) is 2. The van der Waals surface area contributed by atoms with Gasteiger partial charge in [0.15, 0.2) is 29.6 Å². The summed E-state index contributed by atoms with van der Waals surface area (Å²) in [4.78, 5) is 83.1. The third-order valence-corrected chi connectivity index (χ3v) is 15.3. The number of allylic oxidation sites excluding steroid dienone is 4. The van der Waals surface area contributed by atoms with Gasteiger partial charge >= 0.3 is 17.9 Å². The molecule has 2 aromatic rings. The average molecular weight is 888 g/mol. The highest BCUT2D eigenvalue weighted by Gasteiger charge is 2.70. The van der Waals surface area contributed by atoms with E-state index in [0.717, 1.165) is 18.4 Å². The number of halogens is 1. The van der Waals surface area contributed by atoms with Crippen molar-refractivity contribution >= 4 is 46.1 Å². The van der Waals surface area contributed by atoms with Crippen LogP contribution in [-0.4, -0.2) is 96.9 Å². The zero-order valence-corrected chi connectivity index (χ0v) is 38.1. The molecule has 346 valence electrons. The van der Waals surface area contributed by atoms with Gasteiger partial charge in [-0.2, -0.15) is 0 Å². The zero-order valence-electron chi connectivity index (χ0n) is 38.1. The standard InChI is InChI=1S/C49H62FN3O11/c1-27-24-52(19-18-51-27)41-35(50)22-32-40(43(41)61-7)53(29-11-12-29)25-33(42(32)58)44(59)62-20-8-9-38(57)64-49(37(56)26-63-45(60)46(2,3)4)17-15-34-31-13-10-28-21-30(54)14-16-47(28,5)39(31)36(55)23-48(34,49)6/h14,16,21-22,25,27,29,31,34,36,39,51,55H,8-13,15,17-20,23-24,26H2,1-7H3/t27?,31-,34-,36-,39?,47-,48-,49-/m1/s1. The number of ether oxygens (including phenoxy) is 4. The summed E-state index contributed by atoms with van der Waals surface area (Å²) in [5.41, 5.74) is -3.46. The van der Waals surface area contributed by atoms with E-state index in [-0.39, 0.29) is 90.3 Å². The van der Waals surface area contributed by atoms with Crippen LogP contribution in [0.25, 0.3) is 10.9 Å². The van der Waals surface area contributed by atoms with E-state index in [2.05, 4.69) is 12.2 Å². The molecule has 4 saturated carbocycles. The highest BCUT2D eigenvalue weighted by Crippen LogP contribution is 2.68. The number of aliphatic hydroxyl groups excluding tert-OH is 1. The second-order valence-electron chi connectivity index (χ2n) is 20.5. The van der Waals surface area contributed by atoms with Crippen LogP contribution in [0.1, 0.15) is 116 Å². The highest BCUT2D eigenvalue weighted by atomic mass is 19.1. The van der Waals surface area contributed by atoms with Crippen molar-refractivity contribution < 1.29 is 52.4 Å². The Bertz CT molecular complexity index is 2400. The summed E-state index contributed by atoms with van der Waals surface area (Å²) in [6, 6.07) is 1.26. The van der Waals surface area contributed by atoms with E-state index in [9.17, 15) is 33.9 Å². The second-order valence-corrected chi connectivity index (χ2v) is 20.5. The lowest BCUT2D eigenvalue weighted by Gasteiger charge is -2.59. The first kappa shape index (κ1) is 45.7. The molecule has 8 atom stereocenters. The van der Waals surface area contributed by atoms with Crippen LogP contribution in [0.2, 0.25) is 0 Å². The highest BCUT2D eigenvalue weighted by molar-refractivity contribution is 6.01. The molecule has 8 rings (SSSR count). The van der Waals surface area contributed by atoms with Gasteiger partial charge in [-0.1, -0.05) is 25.5 Å². The van der Waals surface area contributed by atoms with Crippen LogP contribution >= 0.6 is 0 Å². The summed E-state index contributed by atoms with van der Waals surface area (Å²) in [5.74, 6) is -3.66. The SMILES string of the molecule is COc1c(N2CCNC(C)C2)c(F)cc2c(=O)c(C(=O)OCCCC(=O)O[C@@]3(C(=O)COC(=O)C(C)(C)C)CC[C@@H]4[C@H]5CCC6=CC(=O)C=C[C@@]6(C)C5[C@H](O)C[C@]43C)cn(C3CC3)c12. The number of rotatable bonds is 12. The Labute approximate surface area is 372 Å². The summed E-state index contributed by atoms with van der Waals surface area (Å²) in [6.45, 7) is 11.9. The maximum Gasteiger partial charge on any atom is 0.343 e. The molecule has 1 aliphatic heterocycles. The van der Waals surface area contributed by atoms with Crippen molar-refractivity contribution in [3.8, 4) is 5.75 Å². The van der Waals surface area contributed by atoms with Gasteiger partial charge in [-0.05, 0) is 109 Å². The van der Waals surface area contributed by atoms with Crippen LogP contribution in [0.4, 0.5) is 10.1 Å². The molecule has 2 N–H and O–H groups in total. The largest absolute Gasteiger partial charge is 0.492 e. The molecule has 1 saturated heterocycles. The van der Waals surface area contributed by atoms with Crippen LogP contribution < -0.4 is 20.4 Å².